The average Bonchev–Trinajstić information content (AvgIpc) is 3.28. The fraction of sp³-hybridized carbons (Fsp3) is 0.440. The van der Waals surface area contributed by atoms with Gasteiger partial charge in [0, 0.05) is 31.7 Å². The quantitative estimate of drug-likeness (QED) is 0.321. The third-order valence-electron chi connectivity index (χ3n) is 5.69. The standard InChI is InChI=1S/C25H34N4O4S2.ClH/c1-6-8-16-28(7-2)35(31,32)20-14-12-19(13-15-20)24(30)29(18-17-27(3)4)25-26-23-21(33-5)10-9-11-22(23)34-25;/h9-15H,6-8,16-18H2,1-5H3;1H. The van der Waals surface area contributed by atoms with Crippen LogP contribution in [0.4, 0.5) is 5.13 Å². The Morgan fingerprint density at radius 2 is 1.72 bits per heavy atom. The van der Waals surface area contributed by atoms with Crippen molar-refractivity contribution in [2.45, 2.75) is 31.6 Å². The van der Waals surface area contributed by atoms with E-state index in [2.05, 4.69) is 0 Å². The second-order valence-electron chi connectivity index (χ2n) is 8.44. The molecule has 198 valence electrons. The van der Waals surface area contributed by atoms with Gasteiger partial charge >= 0.3 is 0 Å². The molecule has 0 aliphatic rings. The summed E-state index contributed by atoms with van der Waals surface area (Å²) in [6, 6.07) is 11.9. The molecule has 0 radical (unpaired) electrons. The number of fused-ring (bicyclic) bond motifs is 1. The van der Waals surface area contributed by atoms with Crippen LogP contribution >= 0.6 is 23.7 Å². The Kier molecular flexibility index (Phi) is 11.1. The second kappa shape index (κ2) is 13.3. The molecule has 0 aliphatic heterocycles. The number of methoxy groups -OCH3 is 1. The molecule has 0 atom stereocenters. The van der Waals surface area contributed by atoms with Crippen molar-refractivity contribution in [3.05, 3.63) is 48.0 Å². The number of thiazole rings is 1. The van der Waals surface area contributed by atoms with Crippen molar-refractivity contribution < 1.29 is 17.9 Å². The maximum Gasteiger partial charge on any atom is 0.260 e. The molecule has 1 amide bonds. The minimum absolute atomic E-state index is 0. The van der Waals surface area contributed by atoms with E-state index in [0.29, 0.717) is 48.1 Å². The van der Waals surface area contributed by atoms with Crippen LogP contribution in [0.15, 0.2) is 47.4 Å². The van der Waals surface area contributed by atoms with E-state index in [1.807, 2.05) is 51.0 Å². The molecule has 0 spiro atoms. The molecule has 0 saturated carbocycles. The van der Waals surface area contributed by atoms with Gasteiger partial charge in [0.15, 0.2) is 5.13 Å². The van der Waals surface area contributed by atoms with Gasteiger partial charge in [-0.2, -0.15) is 4.31 Å². The van der Waals surface area contributed by atoms with E-state index in [9.17, 15) is 13.2 Å². The number of sulfonamides is 1. The lowest BCUT2D eigenvalue weighted by molar-refractivity contribution is 0.0985. The van der Waals surface area contributed by atoms with Crippen LogP contribution in [0.5, 0.6) is 5.75 Å². The number of nitrogens with zero attached hydrogens (tertiary/aromatic N) is 4. The smallest absolute Gasteiger partial charge is 0.260 e. The number of para-hydroxylation sites is 1. The molecular weight excluding hydrogens is 520 g/mol. The highest BCUT2D eigenvalue weighted by Gasteiger charge is 2.25. The maximum atomic E-state index is 13.6. The van der Waals surface area contributed by atoms with Crippen LogP contribution < -0.4 is 9.64 Å². The van der Waals surface area contributed by atoms with E-state index >= 15 is 0 Å². The van der Waals surface area contributed by atoms with Gasteiger partial charge in [0.05, 0.1) is 16.7 Å². The minimum atomic E-state index is -3.61. The van der Waals surface area contributed by atoms with Crippen LogP contribution in [0.3, 0.4) is 0 Å². The summed E-state index contributed by atoms with van der Waals surface area (Å²) < 4.78 is 33.9. The summed E-state index contributed by atoms with van der Waals surface area (Å²) in [5, 5.41) is 0.574. The number of halogens is 1. The number of aromatic nitrogens is 1. The zero-order valence-electron chi connectivity index (χ0n) is 21.4. The van der Waals surface area contributed by atoms with E-state index in [0.717, 1.165) is 17.5 Å². The molecule has 3 rings (SSSR count). The number of likely N-dealkylation sites (N-methyl/N-ethyl adjacent to an activating group) is 1. The van der Waals surface area contributed by atoms with Crippen LogP contribution in [0.25, 0.3) is 10.2 Å². The normalized spacial score (nSPS) is 11.6. The number of amides is 1. The lowest BCUT2D eigenvalue weighted by atomic mass is 10.2. The van der Waals surface area contributed by atoms with Crippen LogP contribution in [-0.2, 0) is 10.0 Å². The number of carbonyl (C=O) groups is 1. The molecule has 11 heteroatoms. The van der Waals surface area contributed by atoms with E-state index in [1.165, 1.54) is 27.8 Å². The number of hydrogen-bond donors (Lipinski definition) is 0. The number of carbonyl (C=O) groups excluding carboxylic acids is 1. The van der Waals surface area contributed by atoms with Crippen molar-refractivity contribution in [2.24, 2.45) is 0 Å². The third kappa shape index (κ3) is 6.74. The van der Waals surface area contributed by atoms with Gasteiger partial charge in [0.25, 0.3) is 5.91 Å². The Labute approximate surface area is 224 Å². The zero-order chi connectivity index (χ0) is 25.6. The Morgan fingerprint density at radius 1 is 1.03 bits per heavy atom. The molecule has 0 bridgehead atoms. The van der Waals surface area contributed by atoms with E-state index in [-0.39, 0.29) is 23.2 Å². The first-order valence-electron chi connectivity index (χ1n) is 11.7. The molecular formula is C25H35ClN4O4S2. The summed E-state index contributed by atoms with van der Waals surface area (Å²) in [7, 11) is 1.88. The highest BCUT2D eigenvalue weighted by molar-refractivity contribution is 7.89. The molecule has 8 nitrogen and oxygen atoms in total. The first kappa shape index (κ1) is 30.0. The second-order valence-corrected chi connectivity index (χ2v) is 11.4. The highest BCUT2D eigenvalue weighted by Crippen LogP contribution is 2.34. The summed E-state index contributed by atoms with van der Waals surface area (Å²) in [5.41, 5.74) is 1.12. The summed E-state index contributed by atoms with van der Waals surface area (Å²) in [5.74, 6) is 0.426. The number of ether oxygens (including phenoxy) is 1. The van der Waals surface area contributed by atoms with Gasteiger partial charge in [-0.3, -0.25) is 9.69 Å². The third-order valence-corrected chi connectivity index (χ3v) is 8.72. The molecule has 0 unspecified atom stereocenters. The van der Waals surface area contributed by atoms with Gasteiger partial charge < -0.3 is 9.64 Å². The summed E-state index contributed by atoms with van der Waals surface area (Å²) >= 11 is 1.42. The van der Waals surface area contributed by atoms with Crippen LogP contribution in [0.2, 0.25) is 0 Å². The van der Waals surface area contributed by atoms with Crippen LogP contribution in [0.1, 0.15) is 37.0 Å². The summed E-state index contributed by atoms with van der Waals surface area (Å²) in [6.07, 6.45) is 1.72. The minimum Gasteiger partial charge on any atom is -0.494 e. The van der Waals surface area contributed by atoms with Crippen LogP contribution in [-0.4, -0.2) is 75.9 Å². The largest absolute Gasteiger partial charge is 0.494 e. The molecule has 1 aromatic heterocycles. The summed E-state index contributed by atoms with van der Waals surface area (Å²) in [4.78, 5) is 22.1. The number of hydrogen-bond acceptors (Lipinski definition) is 7. The Balaban J connectivity index is 0.00000456. The molecule has 36 heavy (non-hydrogen) atoms. The molecule has 0 aliphatic carbocycles. The molecule has 3 aromatic rings. The monoisotopic (exact) mass is 554 g/mol. The highest BCUT2D eigenvalue weighted by atomic mass is 35.5. The van der Waals surface area contributed by atoms with Crippen molar-refractivity contribution in [2.75, 3.05) is 52.3 Å². The van der Waals surface area contributed by atoms with Gasteiger partial charge in [0.1, 0.15) is 11.3 Å². The topological polar surface area (TPSA) is 83.1 Å². The van der Waals surface area contributed by atoms with Gasteiger partial charge in [-0.15, -0.1) is 12.4 Å². The van der Waals surface area contributed by atoms with Crippen molar-refractivity contribution in [3.8, 4) is 5.75 Å². The van der Waals surface area contributed by atoms with E-state index in [1.54, 1.807) is 24.1 Å². The average molecular weight is 555 g/mol. The van der Waals surface area contributed by atoms with Crippen molar-refractivity contribution in [3.63, 3.8) is 0 Å². The van der Waals surface area contributed by atoms with Crippen molar-refractivity contribution in [1.82, 2.24) is 14.2 Å². The van der Waals surface area contributed by atoms with E-state index in [4.69, 9.17) is 9.72 Å². The fourth-order valence-electron chi connectivity index (χ4n) is 3.63. The first-order chi connectivity index (χ1) is 16.7. The molecule has 0 saturated heterocycles. The number of benzene rings is 2. The van der Waals surface area contributed by atoms with E-state index < -0.39 is 10.0 Å². The fourth-order valence-corrected chi connectivity index (χ4v) is 6.13. The number of rotatable bonds is 12. The van der Waals surface area contributed by atoms with Gasteiger partial charge in [-0.25, -0.2) is 13.4 Å². The predicted octanol–water partition coefficient (Wildman–Crippen LogP) is 4.75. The van der Waals surface area contributed by atoms with Gasteiger partial charge in [0.2, 0.25) is 10.0 Å². The van der Waals surface area contributed by atoms with Crippen molar-refractivity contribution in [1.29, 1.82) is 0 Å². The summed E-state index contributed by atoms with van der Waals surface area (Å²) in [6.45, 7) is 5.84. The number of anilines is 1. The number of unbranched alkanes of at least 4 members (excludes halogenated alkanes) is 1. The molecule has 1 heterocycles. The molecule has 2 aromatic carbocycles. The van der Waals surface area contributed by atoms with Crippen molar-refractivity contribution >= 4 is 55.0 Å². The lowest BCUT2D eigenvalue weighted by Gasteiger charge is -2.23. The maximum absolute atomic E-state index is 13.6. The van der Waals surface area contributed by atoms with Crippen LogP contribution in [0, 0.1) is 0 Å². The van der Waals surface area contributed by atoms with Gasteiger partial charge in [-0.1, -0.05) is 37.7 Å². The Morgan fingerprint density at radius 3 is 2.31 bits per heavy atom. The molecule has 0 N–H and O–H groups in total. The first-order valence-corrected chi connectivity index (χ1v) is 14.0. The SMILES string of the molecule is CCCCN(CC)S(=O)(=O)c1ccc(C(=O)N(CCN(C)C)c2nc3c(OC)cccc3s2)cc1.Cl. The molecule has 0 fully saturated rings. The Bertz CT molecular complexity index is 1250. The predicted molar refractivity (Wildman–Crippen MR) is 149 cm³/mol. The lowest BCUT2D eigenvalue weighted by Crippen LogP contribution is -2.36. The zero-order valence-corrected chi connectivity index (χ0v) is 23.9. The van der Waals surface area contributed by atoms with Gasteiger partial charge in [-0.05, 0) is 56.9 Å². The Hall–Kier alpha value is -2.24.